The predicted octanol–water partition coefficient (Wildman–Crippen LogP) is 3.21. The molecule has 0 aliphatic rings. The van der Waals surface area contributed by atoms with Crippen molar-refractivity contribution in [2.24, 2.45) is 0 Å². The number of nitrogens with zero attached hydrogens (tertiary/aromatic N) is 1. The van der Waals surface area contributed by atoms with Crippen LogP contribution in [0.2, 0.25) is 0 Å². The van der Waals surface area contributed by atoms with E-state index in [1.54, 1.807) is 44.6 Å². The summed E-state index contributed by atoms with van der Waals surface area (Å²) in [4.78, 5) is 28.2. The Balaban J connectivity index is 2.54. The number of pyridine rings is 1. The molecule has 27 heavy (non-hydrogen) atoms. The molecule has 2 amide bonds. The number of nitrogens with one attached hydrogen (secondary N) is 3. The first-order valence-electron chi connectivity index (χ1n) is 8.39. The number of aromatic nitrogens is 1. The maximum Gasteiger partial charge on any atom is 0.244 e. The molecule has 8 heteroatoms. The normalized spacial score (nSPS) is 14.1. The predicted molar refractivity (Wildman–Crippen MR) is 112 cm³/mol. The molecule has 0 fully saturated rings. The van der Waals surface area contributed by atoms with Crippen molar-refractivity contribution in [1.82, 2.24) is 20.9 Å². The number of halogens is 1. The van der Waals surface area contributed by atoms with E-state index < -0.39 is 6.04 Å². The molecule has 0 saturated heterocycles. The maximum atomic E-state index is 12.2. The first-order chi connectivity index (χ1) is 12.8. The van der Waals surface area contributed by atoms with Gasteiger partial charge in [0.2, 0.25) is 11.8 Å². The van der Waals surface area contributed by atoms with Gasteiger partial charge in [0.1, 0.15) is 6.04 Å². The van der Waals surface area contributed by atoms with Crippen LogP contribution < -0.4 is 16.0 Å². The molecule has 0 bridgehead atoms. The average molecular weight is 409 g/mol. The van der Waals surface area contributed by atoms with E-state index in [0.717, 1.165) is 5.56 Å². The zero-order chi connectivity index (χ0) is 20.2. The maximum absolute atomic E-state index is 12.2. The van der Waals surface area contributed by atoms with Crippen LogP contribution in [0, 0.1) is 0 Å². The highest BCUT2D eigenvalue weighted by Crippen LogP contribution is 2.34. The molecule has 0 spiro atoms. The van der Waals surface area contributed by atoms with Crippen LogP contribution in [0.3, 0.4) is 0 Å². The fourth-order valence-corrected chi connectivity index (χ4v) is 3.04. The van der Waals surface area contributed by atoms with E-state index in [0.29, 0.717) is 10.1 Å². The third-order valence-corrected chi connectivity index (χ3v) is 4.98. The summed E-state index contributed by atoms with van der Waals surface area (Å²) in [6, 6.07) is 3.35. The van der Waals surface area contributed by atoms with Crippen molar-refractivity contribution in [1.29, 1.82) is 0 Å². The third kappa shape index (κ3) is 8.79. The Hall–Kier alpha value is -2.25. The molecule has 0 aliphatic heterocycles. The molecular formula is C19H25ClN4O2S. The van der Waals surface area contributed by atoms with Crippen LogP contribution in [-0.2, 0) is 9.59 Å². The van der Waals surface area contributed by atoms with Crippen molar-refractivity contribution in [3.8, 4) is 0 Å². The minimum Gasteiger partial charge on any atom is -0.380 e. The van der Waals surface area contributed by atoms with Crippen LogP contribution in [0.1, 0.15) is 31.6 Å². The van der Waals surface area contributed by atoms with Crippen LogP contribution in [0.4, 0.5) is 0 Å². The zero-order valence-electron chi connectivity index (χ0n) is 15.7. The number of carbonyl (C=O) groups excluding carboxylic acids is 2. The van der Waals surface area contributed by atoms with E-state index in [2.05, 4.69) is 27.5 Å². The number of carbonyl (C=O) groups is 2. The molecule has 1 aromatic rings. The van der Waals surface area contributed by atoms with Gasteiger partial charge < -0.3 is 16.0 Å². The number of amides is 2. The molecule has 0 aliphatic carbocycles. The van der Waals surface area contributed by atoms with Gasteiger partial charge in [0.25, 0.3) is 0 Å². The van der Waals surface area contributed by atoms with Gasteiger partial charge in [-0.25, -0.2) is 0 Å². The zero-order valence-corrected chi connectivity index (χ0v) is 17.2. The Labute approximate surface area is 169 Å². The number of thioether (sulfide) groups is 1. The van der Waals surface area contributed by atoms with E-state index in [1.165, 1.54) is 11.8 Å². The molecule has 2 unspecified atom stereocenters. The number of hydrogen-bond donors (Lipinski definition) is 3. The Morgan fingerprint density at radius 2 is 2.15 bits per heavy atom. The first kappa shape index (κ1) is 22.8. The van der Waals surface area contributed by atoms with Gasteiger partial charge in [0, 0.05) is 22.7 Å². The fraction of sp³-hybridized carbons (Fsp3) is 0.316. The summed E-state index contributed by atoms with van der Waals surface area (Å²) in [5.41, 5.74) is 1.02. The molecule has 6 nitrogen and oxygen atoms in total. The minimum absolute atomic E-state index is 0.0539. The molecule has 1 heterocycles. The summed E-state index contributed by atoms with van der Waals surface area (Å²) in [6.07, 6.45) is 8.37. The van der Waals surface area contributed by atoms with Crippen molar-refractivity contribution in [2.75, 3.05) is 6.54 Å². The Bertz CT molecular complexity index is 703. The summed E-state index contributed by atoms with van der Waals surface area (Å²) in [5.74, 6) is -0.638. The lowest BCUT2D eigenvalue weighted by Crippen LogP contribution is -2.44. The van der Waals surface area contributed by atoms with Crippen molar-refractivity contribution in [2.45, 2.75) is 32.1 Å². The van der Waals surface area contributed by atoms with Gasteiger partial charge in [-0.3, -0.25) is 14.6 Å². The summed E-state index contributed by atoms with van der Waals surface area (Å²) >= 11 is 7.54. The third-order valence-electron chi connectivity index (χ3n) is 3.41. The topological polar surface area (TPSA) is 83.1 Å². The smallest absolute Gasteiger partial charge is 0.244 e. The summed E-state index contributed by atoms with van der Waals surface area (Å²) in [7, 11) is 0. The van der Waals surface area contributed by atoms with E-state index in [-0.39, 0.29) is 23.6 Å². The molecular weight excluding hydrogens is 384 g/mol. The number of hydrogen-bond acceptors (Lipinski definition) is 5. The Kier molecular flexibility index (Phi) is 10.3. The minimum atomic E-state index is -0.473. The Morgan fingerprint density at radius 1 is 1.41 bits per heavy atom. The number of rotatable bonds is 10. The molecule has 0 saturated carbocycles. The second kappa shape index (κ2) is 12.2. The molecule has 3 N–H and O–H groups in total. The van der Waals surface area contributed by atoms with Gasteiger partial charge in [0.15, 0.2) is 0 Å². The fourth-order valence-electron chi connectivity index (χ4n) is 1.89. The first-order valence-corrected chi connectivity index (χ1v) is 9.65. The van der Waals surface area contributed by atoms with Crippen molar-refractivity contribution < 1.29 is 9.59 Å². The average Bonchev–Trinajstić information content (AvgIpc) is 2.66. The van der Waals surface area contributed by atoms with Crippen LogP contribution in [0.15, 0.2) is 59.5 Å². The van der Waals surface area contributed by atoms with Crippen LogP contribution in [-0.4, -0.2) is 29.4 Å². The van der Waals surface area contributed by atoms with Gasteiger partial charge in [-0.05, 0) is 44.7 Å². The van der Waals surface area contributed by atoms with E-state index >= 15 is 0 Å². The molecule has 2 atom stereocenters. The van der Waals surface area contributed by atoms with Gasteiger partial charge in [0.05, 0.1) is 11.6 Å². The molecule has 1 aromatic heterocycles. The molecule has 146 valence electrons. The number of allylic oxidation sites excluding steroid dienone is 3. The lowest BCUT2D eigenvalue weighted by molar-refractivity contribution is -0.126. The van der Waals surface area contributed by atoms with E-state index in [9.17, 15) is 9.59 Å². The van der Waals surface area contributed by atoms with Crippen LogP contribution >= 0.6 is 23.4 Å². The van der Waals surface area contributed by atoms with Gasteiger partial charge in [-0.1, -0.05) is 42.1 Å². The molecule has 0 radical (unpaired) electrons. The van der Waals surface area contributed by atoms with Gasteiger partial charge >= 0.3 is 0 Å². The highest BCUT2D eigenvalue weighted by atomic mass is 35.5. The van der Waals surface area contributed by atoms with E-state index in [4.69, 9.17) is 11.6 Å². The highest BCUT2D eigenvalue weighted by molar-refractivity contribution is 8.03. The van der Waals surface area contributed by atoms with Crippen LogP contribution in [0.25, 0.3) is 0 Å². The van der Waals surface area contributed by atoms with Crippen molar-refractivity contribution in [3.63, 3.8) is 0 Å². The SMILES string of the molecule is C=C/C=C\NC(C)C(=O)NCC(=O)N/C(SC(C)c1cccnc1)=C(/C)Cl. The second-order valence-electron chi connectivity index (χ2n) is 5.66. The Morgan fingerprint density at radius 3 is 2.74 bits per heavy atom. The van der Waals surface area contributed by atoms with Gasteiger partial charge in [-0.15, -0.1) is 0 Å². The standard InChI is InChI=1S/C19H25ClN4O2S/c1-5-6-10-22-14(3)18(26)23-12-17(25)24-19(13(2)20)27-15(4)16-8-7-9-21-11-16/h5-11,14-15,22H,1,12H2,2-4H3,(H,23,26)(H,24,25)/b10-6-,19-13+. The van der Waals surface area contributed by atoms with Crippen molar-refractivity contribution in [3.05, 3.63) is 65.1 Å². The monoisotopic (exact) mass is 408 g/mol. The summed E-state index contributed by atoms with van der Waals surface area (Å²) < 4.78 is 0. The van der Waals surface area contributed by atoms with Crippen molar-refractivity contribution >= 4 is 35.2 Å². The van der Waals surface area contributed by atoms with Crippen LogP contribution in [0.5, 0.6) is 0 Å². The summed E-state index contributed by atoms with van der Waals surface area (Å²) in [6.45, 7) is 8.79. The lowest BCUT2D eigenvalue weighted by Gasteiger charge is -2.17. The molecule has 0 aromatic carbocycles. The lowest BCUT2D eigenvalue weighted by atomic mass is 10.2. The van der Waals surface area contributed by atoms with E-state index in [1.807, 2.05) is 19.1 Å². The summed E-state index contributed by atoms with van der Waals surface area (Å²) in [5, 5.41) is 9.28. The van der Waals surface area contributed by atoms with Gasteiger partial charge in [-0.2, -0.15) is 0 Å². The second-order valence-corrected chi connectivity index (χ2v) is 7.58. The highest BCUT2D eigenvalue weighted by Gasteiger charge is 2.16. The molecule has 1 rings (SSSR count). The quantitative estimate of drug-likeness (QED) is 0.518. The largest absolute Gasteiger partial charge is 0.380 e.